The van der Waals surface area contributed by atoms with Crippen LogP contribution in [0.4, 0.5) is 0 Å². The van der Waals surface area contributed by atoms with Crippen molar-refractivity contribution >= 4 is 23.3 Å². The first-order valence-electron chi connectivity index (χ1n) is 13.4. The third-order valence-corrected chi connectivity index (χ3v) is 11.0. The van der Waals surface area contributed by atoms with Crippen LogP contribution in [0.25, 0.3) is 0 Å². The lowest BCUT2D eigenvalue weighted by Crippen LogP contribution is -2.50. The molecule has 0 bridgehead atoms. The van der Waals surface area contributed by atoms with Crippen molar-refractivity contribution in [3.8, 4) is 5.06 Å². The normalized spacial score (nSPS) is 38.0. The lowest BCUT2D eigenvalue weighted by molar-refractivity contribution is -0.154. The summed E-state index contributed by atoms with van der Waals surface area (Å²) < 4.78 is 11.4. The van der Waals surface area contributed by atoms with Crippen molar-refractivity contribution in [2.75, 3.05) is 6.61 Å². The summed E-state index contributed by atoms with van der Waals surface area (Å²) >= 11 is 1.75. The predicted molar refractivity (Wildman–Crippen MR) is 134 cm³/mol. The van der Waals surface area contributed by atoms with Gasteiger partial charge >= 0.3 is 11.9 Å². The molecule has 1 heterocycles. The van der Waals surface area contributed by atoms with Gasteiger partial charge in [-0.3, -0.25) is 9.59 Å². The summed E-state index contributed by atoms with van der Waals surface area (Å²) in [5.74, 6) is 1.34. The lowest BCUT2D eigenvalue weighted by Gasteiger charge is -2.58. The van der Waals surface area contributed by atoms with Gasteiger partial charge in [0.2, 0.25) is 0 Å². The largest absolute Gasteiger partial charge is 0.483 e. The molecular formula is C28H39NO5S. The fourth-order valence-electron chi connectivity index (χ4n) is 8.23. The number of hydrogen-bond acceptors (Lipinski definition) is 6. The van der Waals surface area contributed by atoms with Gasteiger partial charge in [-0.05, 0) is 80.5 Å². The monoisotopic (exact) mass is 501 g/mol. The van der Waals surface area contributed by atoms with Gasteiger partial charge in [0.1, 0.15) is 6.10 Å². The van der Waals surface area contributed by atoms with Gasteiger partial charge in [0.05, 0.1) is 30.7 Å². The Morgan fingerprint density at radius 1 is 1.14 bits per heavy atom. The number of ether oxygens (including phenoxy) is 2. The maximum absolute atomic E-state index is 12.1. The summed E-state index contributed by atoms with van der Waals surface area (Å²) in [6.07, 6.45) is 13.0. The van der Waals surface area contributed by atoms with Crippen LogP contribution in [-0.2, 0) is 14.3 Å². The van der Waals surface area contributed by atoms with Crippen molar-refractivity contribution in [3.05, 3.63) is 22.9 Å². The Hall–Kier alpha value is -1.89. The fourth-order valence-corrected chi connectivity index (χ4v) is 9.35. The molecule has 6 nitrogen and oxygen atoms in total. The molecule has 3 saturated carbocycles. The number of carboxylic acids is 1. The first kappa shape index (κ1) is 24.8. The molecule has 0 spiro atoms. The van der Waals surface area contributed by atoms with E-state index in [2.05, 4.69) is 19.9 Å². The average Bonchev–Trinajstić information content (AvgIpc) is 3.41. The molecule has 0 saturated heterocycles. The summed E-state index contributed by atoms with van der Waals surface area (Å²) in [5, 5.41) is 11.0. The predicted octanol–water partition coefficient (Wildman–Crippen LogP) is 6.36. The van der Waals surface area contributed by atoms with E-state index in [9.17, 15) is 9.59 Å². The summed E-state index contributed by atoms with van der Waals surface area (Å²) in [4.78, 5) is 27.7. The van der Waals surface area contributed by atoms with Crippen LogP contribution in [0.5, 0.6) is 5.06 Å². The third kappa shape index (κ3) is 4.42. The van der Waals surface area contributed by atoms with Crippen LogP contribution in [-0.4, -0.2) is 34.7 Å². The minimum absolute atomic E-state index is 0.0422. The molecule has 0 aliphatic heterocycles. The highest BCUT2D eigenvalue weighted by Gasteiger charge is 2.59. The molecule has 4 aliphatic rings. The summed E-state index contributed by atoms with van der Waals surface area (Å²) in [7, 11) is 0. The van der Waals surface area contributed by atoms with E-state index in [4.69, 9.17) is 19.6 Å². The number of fused-ring (bicyclic) bond motifs is 5. The zero-order valence-electron chi connectivity index (χ0n) is 21.3. The first-order valence-corrected chi connectivity index (χ1v) is 14.3. The number of nitrogens with zero attached hydrogens (tertiary/aromatic N) is 1. The molecule has 192 valence electrons. The third-order valence-electron chi connectivity index (χ3n) is 9.99. The molecule has 7 unspecified atom stereocenters. The number of aliphatic carboxylic acids is 1. The second-order valence-corrected chi connectivity index (χ2v) is 12.7. The maximum atomic E-state index is 12.1. The first-order chi connectivity index (χ1) is 16.7. The van der Waals surface area contributed by atoms with E-state index >= 15 is 0 Å². The van der Waals surface area contributed by atoms with E-state index in [-0.39, 0.29) is 30.3 Å². The average molecular weight is 502 g/mol. The number of allylic oxidation sites excluding steroid dienone is 1. The van der Waals surface area contributed by atoms with Crippen molar-refractivity contribution in [2.45, 2.75) is 97.0 Å². The highest BCUT2D eigenvalue weighted by atomic mass is 32.1. The zero-order valence-corrected chi connectivity index (χ0v) is 22.1. The van der Waals surface area contributed by atoms with Crippen LogP contribution in [0.2, 0.25) is 0 Å². The second-order valence-electron chi connectivity index (χ2n) is 11.6. The number of carbonyl (C=O) groups excluding carboxylic acids is 1. The molecule has 7 heteroatoms. The number of thiazole rings is 1. The standard InChI is InChI=1S/C28H39NO5S/c1-4-33-25-16-29-26(35-25)22-8-7-20-19-6-5-17-15-18(34-24(32)10-9-23(30)31)11-13-27(17,2)21(19)12-14-28(20,22)3/h5,16,18-22H,4,6-15H2,1-3H3,(H,30,31). The molecule has 0 radical (unpaired) electrons. The summed E-state index contributed by atoms with van der Waals surface area (Å²) in [6, 6.07) is 0. The number of carboxylic acid groups (broad SMARTS) is 1. The van der Waals surface area contributed by atoms with E-state index < -0.39 is 5.97 Å². The summed E-state index contributed by atoms with van der Waals surface area (Å²) in [5.41, 5.74) is 1.97. The number of rotatable bonds is 7. The molecule has 7 atom stereocenters. The van der Waals surface area contributed by atoms with E-state index in [0.717, 1.165) is 36.7 Å². The van der Waals surface area contributed by atoms with Crippen LogP contribution in [0, 0.1) is 28.6 Å². The van der Waals surface area contributed by atoms with Gasteiger partial charge < -0.3 is 14.6 Å². The second kappa shape index (κ2) is 9.53. The van der Waals surface area contributed by atoms with Crippen LogP contribution in [0.1, 0.15) is 95.9 Å². The van der Waals surface area contributed by atoms with Gasteiger partial charge in [-0.1, -0.05) is 36.8 Å². The van der Waals surface area contributed by atoms with Crippen molar-refractivity contribution in [3.63, 3.8) is 0 Å². The molecule has 5 rings (SSSR count). The topological polar surface area (TPSA) is 85.7 Å². The molecule has 0 aromatic carbocycles. The number of carbonyl (C=O) groups is 2. The minimum Gasteiger partial charge on any atom is -0.483 e. The number of aromatic nitrogens is 1. The highest BCUT2D eigenvalue weighted by Crippen LogP contribution is 2.68. The number of hydrogen-bond donors (Lipinski definition) is 1. The molecule has 1 aromatic heterocycles. The van der Waals surface area contributed by atoms with E-state index in [1.165, 1.54) is 36.3 Å². The Morgan fingerprint density at radius 3 is 2.74 bits per heavy atom. The van der Waals surface area contributed by atoms with Crippen LogP contribution in [0.15, 0.2) is 17.8 Å². The van der Waals surface area contributed by atoms with Crippen LogP contribution < -0.4 is 4.74 Å². The molecule has 1 N–H and O–H groups in total. The SMILES string of the molecule is CCOc1cnc(C2CCC3C4CC=C5CC(OC(=O)CCC(=O)O)CCC5(C)C4CCC23C)s1. The van der Waals surface area contributed by atoms with Gasteiger partial charge in [-0.25, -0.2) is 4.98 Å². The van der Waals surface area contributed by atoms with Gasteiger partial charge in [0.15, 0.2) is 5.06 Å². The van der Waals surface area contributed by atoms with E-state index in [1.807, 2.05) is 13.1 Å². The van der Waals surface area contributed by atoms with Crippen LogP contribution in [0.3, 0.4) is 0 Å². The molecule has 4 aliphatic carbocycles. The van der Waals surface area contributed by atoms with Crippen molar-refractivity contribution < 1.29 is 24.2 Å². The maximum Gasteiger partial charge on any atom is 0.306 e. The Bertz CT molecular complexity index is 1000. The highest BCUT2D eigenvalue weighted by molar-refractivity contribution is 7.13. The smallest absolute Gasteiger partial charge is 0.306 e. The van der Waals surface area contributed by atoms with E-state index in [1.54, 1.807) is 11.3 Å². The quantitative estimate of drug-likeness (QED) is 0.345. The lowest BCUT2D eigenvalue weighted by atomic mass is 9.47. The molecule has 1 aromatic rings. The Labute approximate surface area is 212 Å². The van der Waals surface area contributed by atoms with Gasteiger partial charge in [-0.15, -0.1) is 0 Å². The number of esters is 1. The minimum atomic E-state index is -0.956. The molecule has 3 fully saturated rings. The van der Waals surface area contributed by atoms with Gasteiger partial charge in [-0.2, -0.15) is 0 Å². The van der Waals surface area contributed by atoms with Crippen molar-refractivity contribution in [1.29, 1.82) is 0 Å². The van der Waals surface area contributed by atoms with E-state index in [0.29, 0.717) is 29.8 Å². The Kier molecular flexibility index (Phi) is 6.75. The molecule has 0 amide bonds. The molecule has 35 heavy (non-hydrogen) atoms. The molecular weight excluding hydrogens is 462 g/mol. The van der Waals surface area contributed by atoms with Crippen molar-refractivity contribution in [1.82, 2.24) is 4.98 Å². The van der Waals surface area contributed by atoms with Crippen molar-refractivity contribution in [2.24, 2.45) is 28.6 Å². The van der Waals surface area contributed by atoms with Gasteiger partial charge in [0, 0.05) is 12.3 Å². The zero-order chi connectivity index (χ0) is 24.8. The van der Waals surface area contributed by atoms with Crippen LogP contribution >= 0.6 is 11.3 Å². The summed E-state index contributed by atoms with van der Waals surface area (Å²) in [6.45, 7) is 7.70. The fraction of sp³-hybridized carbons (Fsp3) is 0.750. The van der Waals surface area contributed by atoms with Gasteiger partial charge in [0.25, 0.3) is 0 Å². The Morgan fingerprint density at radius 2 is 1.97 bits per heavy atom. The Balaban J connectivity index is 1.29.